The molecule has 11 heteroatoms. The monoisotopic (exact) mass is 584 g/mol. The summed E-state index contributed by atoms with van der Waals surface area (Å²) in [5, 5.41) is 21.3. The summed E-state index contributed by atoms with van der Waals surface area (Å²) in [6.45, 7) is 1.22. The Morgan fingerprint density at radius 3 is 2.48 bits per heavy atom. The summed E-state index contributed by atoms with van der Waals surface area (Å²) < 4.78 is 30.6. The van der Waals surface area contributed by atoms with Gasteiger partial charge in [-0.3, -0.25) is 14.4 Å². The second-order valence-corrected chi connectivity index (χ2v) is 9.92. The number of ketones is 1. The van der Waals surface area contributed by atoms with Gasteiger partial charge in [-0.05, 0) is 62.6 Å². The van der Waals surface area contributed by atoms with Crippen molar-refractivity contribution >= 4 is 17.6 Å². The minimum absolute atomic E-state index is 0.0413. The van der Waals surface area contributed by atoms with Crippen molar-refractivity contribution in [2.75, 3.05) is 47.1 Å². The van der Waals surface area contributed by atoms with Crippen LogP contribution < -0.4 is 5.32 Å². The molecule has 2 aromatic carbocycles. The second-order valence-electron chi connectivity index (χ2n) is 9.92. The lowest BCUT2D eigenvalue weighted by Crippen LogP contribution is -2.62. The summed E-state index contributed by atoms with van der Waals surface area (Å²) in [4.78, 5) is 40.4. The Morgan fingerprint density at radius 2 is 1.86 bits per heavy atom. The highest BCUT2D eigenvalue weighted by Crippen LogP contribution is 2.22. The van der Waals surface area contributed by atoms with Crippen molar-refractivity contribution in [1.82, 2.24) is 10.2 Å². The molecule has 1 aliphatic rings. The standard InChI is InChI=1S/C31H37FN2O8/c1-31(30(39)33-2,27(37)20-42-28-6-4-5-16-41-28)34(3)29(38)23-12-9-21(10-13-23)7-8-22-11-14-24(25(32)18-22)26(36)19-40-17-15-35/h9-14,18,26,28,35-36H,4-6,15-17,19-20H2,1-3H3,(H,33,39)/t26?,28?,31-/m1/s1. The quantitative estimate of drug-likeness (QED) is 0.196. The van der Waals surface area contributed by atoms with E-state index in [1.165, 1.54) is 45.3 Å². The summed E-state index contributed by atoms with van der Waals surface area (Å²) in [6.07, 6.45) is 0.787. The van der Waals surface area contributed by atoms with E-state index in [0.717, 1.165) is 17.7 Å². The van der Waals surface area contributed by atoms with Crippen LogP contribution in [0.2, 0.25) is 0 Å². The van der Waals surface area contributed by atoms with Crippen LogP contribution in [0.4, 0.5) is 4.39 Å². The molecule has 0 radical (unpaired) electrons. The highest BCUT2D eigenvalue weighted by atomic mass is 19.1. The van der Waals surface area contributed by atoms with Crippen molar-refractivity contribution in [1.29, 1.82) is 0 Å². The summed E-state index contributed by atoms with van der Waals surface area (Å²) in [6, 6.07) is 10.4. The van der Waals surface area contributed by atoms with E-state index in [-0.39, 0.29) is 30.9 Å². The number of nitrogens with one attached hydrogen (secondary N) is 1. The van der Waals surface area contributed by atoms with E-state index < -0.39 is 48.0 Å². The number of amides is 2. The van der Waals surface area contributed by atoms with E-state index in [9.17, 15) is 23.9 Å². The Morgan fingerprint density at radius 1 is 1.17 bits per heavy atom. The van der Waals surface area contributed by atoms with Gasteiger partial charge in [-0.2, -0.15) is 0 Å². The normalized spacial score (nSPS) is 16.9. The first-order valence-electron chi connectivity index (χ1n) is 13.7. The minimum atomic E-state index is -1.83. The molecule has 0 aromatic heterocycles. The highest BCUT2D eigenvalue weighted by Gasteiger charge is 2.46. The highest BCUT2D eigenvalue weighted by molar-refractivity contribution is 6.14. The van der Waals surface area contributed by atoms with Gasteiger partial charge in [-0.15, -0.1) is 0 Å². The molecule has 10 nitrogen and oxygen atoms in total. The first-order chi connectivity index (χ1) is 20.1. The van der Waals surface area contributed by atoms with Crippen LogP contribution >= 0.6 is 0 Å². The van der Waals surface area contributed by atoms with E-state index >= 15 is 0 Å². The third kappa shape index (κ3) is 8.21. The number of Topliss-reactive ketones (excluding diaryl/α,β-unsaturated/α-hetero) is 1. The number of aliphatic hydroxyl groups is 2. The van der Waals surface area contributed by atoms with Gasteiger partial charge in [0.05, 0.1) is 19.8 Å². The van der Waals surface area contributed by atoms with Gasteiger partial charge in [0.2, 0.25) is 0 Å². The van der Waals surface area contributed by atoms with Crippen LogP contribution in [0.1, 0.15) is 59.3 Å². The third-order valence-corrected chi connectivity index (χ3v) is 7.08. The lowest BCUT2D eigenvalue weighted by atomic mass is 9.92. The van der Waals surface area contributed by atoms with E-state index in [4.69, 9.17) is 19.3 Å². The Hall–Kier alpha value is -3.66. The number of hydrogen-bond acceptors (Lipinski definition) is 8. The van der Waals surface area contributed by atoms with Gasteiger partial charge < -0.3 is 34.6 Å². The maximum absolute atomic E-state index is 14.5. The Balaban J connectivity index is 1.69. The molecule has 1 heterocycles. The topological polar surface area (TPSA) is 135 Å². The Bertz CT molecular complexity index is 1300. The molecule has 1 aliphatic heterocycles. The zero-order valence-electron chi connectivity index (χ0n) is 24.0. The number of ether oxygens (including phenoxy) is 3. The molecule has 3 N–H and O–H groups in total. The van der Waals surface area contributed by atoms with Gasteiger partial charge in [-0.25, -0.2) is 4.39 Å². The van der Waals surface area contributed by atoms with Crippen LogP contribution in [0.15, 0.2) is 42.5 Å². The fraction of sp³-hybridized carbons (Fsp3) is 0.452. The van der Waals surface area contributed by atoms with Crippen LogP contribution in [0, 0.1) is 17.7 Å². The second kappa shape index (κ2) is 15.5. The van der Waals surface area contributed by atoms with Crippen molar-refractivity contribution in [2.45, 2.75) is 44.1 Å². The number of rotatable bonds is 12. The zero-order valence-corrected chi connectivity index (χ0v) is 24.0. The van der Waals surface area contributed by atoms with Gasteiger partial charge in [0.1, 0.15) is 18.5 Å². The van der Waals surface area contributed by atoms with Gasteiger partial charge in [0, 0.05) is 43.0 Å². The molecule has 226 valence electrons. The molecule has 0 bridgehead atoms. The number of halogens is 1. The maximum atomic E-state index is 14.5. The molecule has 2 amide bonds. The van der Waals surface area contributed by atoms with Crippen LogP contribution in [0.5, 0.6) is 0 Å². The predicted octanol–water partition coefficient (Wildman–Crippen LogP) is 1.96. The van der Waals surface area contributed by atoms with E-state index in [1.54, 1.807) is 18.2 Å². The van der Waals surface area contributed by atoms with Gasteiger partial charge in [0.25, 0.3) is 11.8 Å². The fourth-order valence-electron chi connectivity index (χ4n) is 4.32. The molecular weight excluding hydrogens is 547 g/mol. The first-order valence-corrected chi connectivity index (χ1v) is 13.7. The molecule has 3 atom stereocenters. The summed E-state index contributed by atoms with van der Waals surface area (Å²) >= 11 is 0. The summed E-state index contributed by atoms with van der Waals surface area (Å²) in [7, 11) is 2.77. The largest absolute Gasteiger partial charge is 0.394 e. The number of carbonyl (C=O) groups excluding carboxylic acids is 3. The van der Waals surface area contributed by atoms with E-state index in [0.29, 0.717) is 24.2 Å². The Kier molecular flexibility index (Phi) is 12.2. The molecule has 0 aliphatic carbocycles. The minimum Gasteiger partial charge on any atom is -0.394 e. The average molecular weight is 585 g/mol. The molecule has 0 spiro atoms. The molecule has 2 unspecified atom stereocenters. The van der Waals surface area contributed by atoms with Gasteiger partial charge in [0.15, 0.2) is 17.6 Å². The van der Waals surface area contributed by atoms with Crippen LogP contribution in [0.25, 0.3) is 0 Å². The number of hydrogen-bond donors (Lipinski definition) is 3. The number of nitrogens with zero attached hydrogens (tertiary/aromatic N) is 1. The Labute approximate surface area is 244 Å². The zero-order chi connectivity index (χ0) is 30.7. The lowest BCUT2D eigenvalue weighted by Gasteiger charge is -2.36. The summed E-state index contributed by atoms with van der Waals surface area (Å²) in [5.74, 6) is 3.30. The SMILES string of the molecule is CNC(=O)[C@@](C)(C(=O)COC1CCCCO1)N(C)C(=O)c1ccc(C#Cc2ccc(C(O)COCCO)c(F)c2)cc1. The number of carbonyl (C=O) groups is 3. The molecule has 0 saturated carbocycles. The molecule has 3 rings (SSSR count). The third-order valence-electron chi connectivity index (χ3n) is 7.08. The number of likely N-dealkylation sites (N-methyl/N-ethyl adjacent to an activating group) is 2. The first kappa shape index (κ1) is 32.8. The molecule has 1 saturated heterocycles. The van der Waals surface area contributed by atoms with E-state index in [1.807, 2.05) is 0 Å². The molecule has 42 heavy (non-hydrogen) atoms. The van der Waals surface area contributed by atoms with Crippen molar-refractivity contribution in [3.8, 4) is 11.8 Å². The van der Waals surface area contributed by atoms with Gasteiger partial charge >= 0.3 is 0 Å². The predicted molar refractivity (Wildman–Crippen MR) is 151 cm³/mol. The van der Waals surface area contributed by atoms with E-state index in [2.05, 4.69) is 17.2 Å². The summed E-state index contributed by atoms with van der Waals surface area (Å²) in [5.41, 5.74) is -0.618. The smallest absolute Gasteiger partial charge is 0.254 e. The maximum Gasteiger partial charge on any atom is 0.254 e. The van der Waals surface area contributed by atoms with Crippen LogP contribution in [-0.2, 0) is 23.8 Å². The number of benzene rings is 2. The van der Waals surface area contributed by atoms with Crippen LogP contribution in [-0.4, -0.2) is 91.7 Å². The average Bonchev–Trinajstić information content (AvgIpc) is 3.01. The molecular formula is C31H37FN2O8. The molecule has 1 fully saturated rings. The van der Waals surface area contributed by atoms with Crippen molar-refractivity contribution in [3.63, 3.8) is 0 Å². The van der Waals surface area contributed by atoms with Gasteiger partial charge in [-0.1, -0.05) is 17.9 Å². The van der Waals surface area contributed by atoms with Crippen molar-refractivity contribution in [3.05, 3.63) is 70.5 Å². The fourth-order valence-corrected chi connectivity index (χ4v) is 4.32. The van der Waals surface area contributed by atoms with Crippen molar-refractivity contribution in [2.24, 2.45) is 0 Å². The van der Waals surface area contributed by atoms with Crippen LogP contribution in [0.3, 0.4) is 0 Å². The number of aliphatic hydroxyl groups excluding tert-OH is 2. The lowest BCUT2D eigenvalue weighted by molar-refractivity contribution is -0.174. The van der Waals surface area contributed by atoms with Crippen molar-refractivity contribution < 1.29 is 43.2 Å². The molecule has 2 aromatic rings.